The monoisotopic (exact) mass is 686 g/mol. The van der Waals surface area contributed by atoms with Crippen LogP contribution >= 0.6 is 48.2 Å². The second-order valence-corrected chi connectivity index (χ2v) is 13.2. The van der Waals surface area contributed by atoms with E-state index in [1.54, 1.807) is 4.40 Å². The minimum Gasteiger partial charge on any atom is -0.390 e. The first-order chi connectivity index (χ1) is 20.2. The van der Waals surface area contributed by atoms with Crippen molar-refractivity contribution in [1.29, 1.82) is 0 Å². The number of hydrogen-bond donors (Lipinski definition) is 4. The number of aryl methyl sites for hydroxylation is 2. The van der Waals surface area contributed by atoms with Gasteiger partial charge in [-0.15, -0.1) is 24.8 Å². The molecule has 6 heterocycles. The van der Waals surface area contributed by atoms with E-state index in [-0.39, 0.29) is 60.9 Å². The first-order valence-corrected chi connectivity index (χ1v) is 15.9. The molecule has 5 N–H and O–H groups in total. The molecule has 0 aromatic carbocycles. The fraction of sp³-hybridized carbons (Fsp3) is 0.586. The number of aromatic nitrogens is 4. The number of rotatable bonds is 6. The van der Waals surface area contributed by atoms with Crippen LogP contribution in [0.5, 0.6) is 0 Å². The minimum absolute atomic E-state index is 0. The number of nitrogens with two attached hydrogens (primary N) is 1. The van der Waals surface area contributed by atoms with E-state index in [4.69, 9.17) is 32.0 Å². The van der Waals surface area contributed by atoms with Crippen LogP contribution < -0.4 is 21.3 Å². The number of pyridine rings is 1. The van der Waals surface area contributed by atoms with Crippen LogP contribution in [0.25, 0.3) is 5.65 Å². The molecule has 3 aliphatic rings. The summed E-state index contributed by atoms with van der Waals surface area (Å²) in [6.07, 6.45) is 5.53. The van der Waals surface area contributed by atoms with Crippen molar-refractivity contribution in [3.05, 3.63) is 40.1 Å². The van der Waals surface area contributed by atoms with E-state index in [1.807, 2.05) is 33.0 Å². The van der Waals surface area contributed by atoms with Crippen LogP contribution in [0.1, 0.15) is 60.2 Å². The minimum atomic E-state index is -0.223. The van der Waals surface area contributed by atoms with E-state index in [2.05, 4.69) is 20.5 Å². The highest BCUT2D eigenvalue weighted by Crippen LogP contribution is 2.43. The Kier molecular flexibility index (Phi) is 11.3. The third-order valence-corrected chi connectivity index (χ3v) is 10.7. The summed E-state index contributed by atoms with van der Waals surface area (Å²) in [6.45, 7) is 9.62. The Balaban J connectivity index is 0.00000221. The highest BCUT2D eigenvalue weighted by molar-refractivity contribution is 7.99. The summed E-state index contributed by atoms with van der Waals surface area (Å²) < 4.78 is 7.62. The van der Waals surface area contributed by atoms with Gasteiger partial charge in [0.05, 0.1) is 35.7 Å². The maximum absolute atomic E-state index is 13.2. The summed E-state index contributed by atoms with van der Waals surface area (Å²) in [5, 5.41) is 17.8. The number of nitrogens with one attached hydrogen (secondary N) is 2. The van der Waals surface area contributed by atoms with Gasteiger partial charge in [-0.1, -0.05) is 23.4 Å². The molecule has 3 saturated heterocycles. The molecule has 242 valence electrons. The standard InChI is InChI=1S/C29H39ClN8O3S.2ClH/c1-16-23(27(40)35-19-4-9-32-10-5-19)38-11-6-21(22(30)26(38)33-16)42-28-17(2)34-25(20(14-39)36-28)37-12-7-29(8-13-37)15-41-18(3)24(29)31;;/h6,11,18-19,24,32,39H,4-5,7-10,12-15,31H2,1-3H3,(H,35,40);2*1H/t18-,24+;;/m0../s1. The number of ether oxygens (including phenoxy) is 1. The lowest BCUT2D eigenvalue weighted by atomic mass is 9.73. The Morgan fingerprint density at radius 1 is 1.20 bits per heavy atom. The lowest BCUT2D eigenvalue weighted by Gasteiger charge is -2.42. The number of carbonyl (C=O) groups is 1. The molecular formula is C29H41Cl3N8O3S. The van der Waals surface area contributed by atoms with E-state index in [9.17, 15) is 9.90 Å². The molecule has 0 aliphatic carbocycles. The SMILES string of the molecule is Cc1nc(N2CCC3(CC2)CO[C@@H](C)[C@H]3N)c(CO)nc1Sc1ccn2c(C(=O)NC3CCNCC3)c(C)nc2c1Cl.Cl.Cl. The molecule has 0 radical (unpaired) electrons. The second-order valence-electron chi connectivity index (χ2n) is 11.8. The van der Waals surface area contributed by atoms with Gasteiger partial charge in [0.15, 0.2) is 11.5 Å². The fourth-order valence-electron chi connectivity index (χ4n) is 6.47. The van der Waals surface area contributed by atoms with Gasteiger partial charge >= 0.3 is 0 Å². The predicted molar refractivity (Wildman–Crippen MR) is 177 cm³/mol. The highest BCUT2D eigenvalue weighted by Gasteiger charge is 2.47. The first-order valence-electron chi connectivity index (χ1n) is 14.7. The number of anilines is 1. The Morgan fingerprint density at radius 3 is 2.55 bits per heavy atom. The molecule has 0 unspecified atom stereocenters. The molecule has 0 saturated carbocycles. The van der Waals surface area contributed by atoms with Crippen LogP contribution in [0.2, 0.25) is 5.02 Å². The maximum Gasteiger partial charge on any atom is 0.270 e. The Bertz CT molecular complexity index is 1490. The zero-order chi connectivity index (χ0) is 29.6. The molecular weight excluding hydrogens is 647 g/mol. The predicted octanol–water partition coefficient (Wildman–Crippen LogP) is 3.70. The average Bonchev–Trinajstić information content (AvgIpc) is 3.48. The van der Waals surface area contributed by atoms with Crippen molar-refractivity contribution in [3.8, 4) is 0 Å². The second kappa shape index (κ2) is 14.3. The van der Waals surface area contributed by atoms with Crippen LogP contribution in [0.15, 0.2) is 22.2 Å². The third kappa shape index (κ3) is 6.50. The van der Waals surface area contributed by atoms with Gasteiger partial charge in [-0.05, 0) is 65.6 Å². The molecule has 3 aromatic heterocycles. The smallest absolute Gasteiger partial charge is 0.270 e. The molecule has 15 heteroatoms. The summed E-state index contributed by atoms with van der Waals surface area (Å²) in [6, 6.07) is 2.04. The van der Waals surface area contributed by atoms with Crippen molar-refractivity contribution < 1.29 is 14.6 Å². The van der Waals surface area contributed by atoms with Crippen LogP contribution in [-0.2, 0) is 11.3 Å². The summed E-state index contributed by atoms with van der Waals surface area (Å²) in [5.74, 6) is 0.568. The molecule has 0 bridgehead atoms. The topological polar surface area (TPSA) is 143 Å². The summed E-state index contributed by atoms with van der Waals surface area (Å²) in [5.41, 5.74) is 9.42. The van der Waals surface area contributed by atoms with Crippen LogP contribution in [0.4, 0.5) is 5.82 Å². The number of amides is 1. The number of imidazole rings is 1. The molecule has 3 fully saturated rings. The van der Waals surface area contributed by atoms with Crippen LogP contribution in [-0.4, -0.2) is 81.3 Å². The third-order valence-electron chi connectivity index (χ3n) is 9.10. The number of hydrogen-bond acceptors (Lipinski definition) is 10. The number of carbonyl (C=O) groups excluding carboxylic acids is 1. The number of aliphatic hydroxyl groups is 1. The largest absolute Gasteiger partial charge is 0.390 e. The summed E-state index contributed by atoms with van der Waals surface area (Å²) >= 11 is 8.24. The van der Waals surface area contributed by atoms with Gasteiger partial charge in [0.2, 0.25) is 0 Å². The van der Waals surface area contributed by atoms with Gasteiger partial charge in [-0.2, -0.15) is 0 Å². The van der Waals surface area contributed by atoms with E-state index < -0.39 is 0 Å². The van der Waals surface area contributed by atoms with Crippen molar-refractivity contribution in [2.24, 2.45) is 11.1 Å². The van der Waals surface area contributed by atoms with Crippen molar-refractivity contribution in [3.63, 3.8) is 0 Å². The van der Waals surface area contributed by atoms with Gasteiger partial charge in [-0.3, -0.25) is 9.20 Å². The molecule has 44 heavy (non-hydrogen) atoms. The lowest BCUT2D eigenvalue weighted by Crippen LogP contribution is -2.51. The van der Waals surface area contributed by atoms with Crippen molar-refractivity contribution in [1.82, 2.24) is 30.0 Å². The fourth-order valence-corrected chi connectivity index (χ4v) is 7.64. The maximum atomic E-state index is 13.2. The van der Waals surface area contributed by atoms with Crippen molar-refractivity contribution in [2.45, 2.75) is 81.2 Å². The van der Waals surface area contributed by atoms with E-state index >= 15 is 0 Å². The molecule has 6 rings (SSSR count). The van der Waals surface area contributed by atoms with E-state index in [1.165, 1.54) is 11.8 Å². The Morgan fingerprint density at radius 2 is 1.91 bits per heavy atom. The first kappa shape index (κ1) is 35.0. The number of aliphatic hydroxyl groups excluding tert-OH is 1. The number of halogens is 3. The molecule has 3 aromatic rings. The average molecular weight is 688 g/mol. The quantitative estimate of drug-likeness (QED) is 0.303. The molecule has 3 aliphatic heterocycles. The lowest BCUT2D eigenvalue weighted by molar-refractivity contribution is 0.0922. The zero-order valence-electron chi connectivity index (χ0n) is 25.1. The van der Waals surface area contributed by atoms with Gasteiger partial charge < -0.3 is 31.1 Å². The van der Waals surface area contributed by atoms with Crippen molar-refractivity contribution >= 4 is 65.5 Å². The molecule has 11 nitrogen and oxygen atoms in total. The van der Waals surface area contributed by atoms with Gasteiger partial charge in [-0.25, -0.2) is 15.0 Å². The highest BCUT2D eigenvalue weighted by atomic mass is 35.5. The van der Waals surface area contributed by atoms with Crippen LogP contribution in [0.3, 0.4) is 0 Å². The Hall–Kier alpha value is -1.90. The normalized spacial score (nSPS) is 21.7. The summed E-state index contributed by atoms with van der Waals surface area (Å²) in [7, 11) is 0. The number of nitrogens with zero attached hydrogens (tertiary/aromatic N) is 5. The van der Waals surface area contributed by atoms with E-state index in [0.29, 0.717) is 45.2 Å². The van der Waals surface area contributed by atoms with E-state index in [0.717, 1.165) is 62.5 Å². The summed E-state index contributed by atoms with van der Waals surface area (Å²) in [4.78, 5) is 30.5. The molecule has 1 spiro atoms. The Labute approximate surface area is 279 Å². The molecule has 1 amide bonds. The zero-order valence-corrected chi connectivity index (χ0v) is 28.3. The van der Waals surface area contributed by atoms with Crippen molar-refractivity contribution in [2.75, 3.05) is 37.7 Å². The molecule has 2 atom stereocenters. The number of fused-ring (bicyclic) bond motifs is 1. The van der Waals surface area contributed by atoms with Gasteiger partial charge in [0, 0.05) is 41.7 Å². The van der Waals surface area contributed by atoms with Gasteiger partial charge in [0.25, 0.3) is 5.91 Å². The number of piperidine rings is 2. The van der Waals surface area contributed by atoms with Crippen LogP contribution in [0, 0.1) is 19.3 Å². The van der Waals surface area contributed by atoms with Gasteiger partial charge in [0.1, 0.15) is 16.4 Å².